The van der Waals surface area contributed by atoms with E-state index < -0.39 is 6.10 Å². The topological polar surface area (TPSA) is 42.6 Å². The van der Waals surface area contributed by atoms with E-state index in [0.717, 1.165) is 16.7 Å². The number of ether oxygens (including phenoxy) is 1. The van der Waals surface area contributed by atoms with Crippen LogP contribution in [0.2, 0.25) is 5.02 Å². The maximum Gasteiger partial charge on any atom is 0.152 e. The number of para-hydroxylation sites is 1. The lowest BCUT2D eigenvalue weighted by molar-refractivity contribution is 0.152. The average molecular weight is 303 g/mol. The van der Waals surface area contributed by atoms with Gasteiger partial charge in [-0.25, -0.2) is 0 Å². The lowest BCUT2D eigenvalue weighted by atomic mass is 10.1. The number of methoxy groups -OCH3 is 1. The van der Waals surface area contributed by atoms with Crippen LogP contribution < -0.4 is 4.74 Å². The van der Waals surface area contributed by atoms with Gasteiger partial charge in [0, 0.05) is 11.8 Å². The fraction of sp³-hybridized carbons (Fsp3) is 0.176. The van der Waals surface area contributed by atoms with Gasteiger partial charge in [-0.05, 0) is 29.8 Å². The summed E-state index contributed by atoms with van der Waals surface area (Å²) in [5.74, 6) is 1.29. The van der Waals surface area contributed by atoms with Crippen LogP contribution in [0.3, 0.4) is 0 Å². The van der Waals surface area contributed by atoms with Gasteiger partial charge in [0.05, 0.1) is 12.1 Å². The van der Waals surface area contributed by atoms with E-state index in [9.17, 15) is 5.11 Å². The van der Waals surface area contributed by atoms with E-state index in [1.165, 1.54) is 0 Å². The van der Waals surface area contributed by atoms with Crippen molar-refractivity contribution in [3.8, 4) is 5.75 Å². The molecule has 0 fully saturated rings. The second-order valence-electron chi connectivity index (χ2n) is 4.88. The maximum atomic E-state index is 10.4. The fourth-order valence-electron chi connectivity index (χ4n) is 2.33. The van der Waals surface area contributed by atoms with Crippen molar-refractivity contribution in [2.45, 2.75) is 12.5 Å². The molecule has 1 heterocycles. The van der Waals surface area contributed by atoms with Crippen LogP contribution in [0.1, 0.15) is 17.4 Å². The van der Waals surface area contributed by atoms with Gasteiger partial charge in [0.25, 0.3) is 0 Å². The molecule has 21 heavy (non-hydrogen) atoms. The second-order valence-corrected chi connectivity index (χ2v) is 5.29. The highest BCUT2D eigenvalue weighted by Crippen LogP contribution is 2.30. The molecule has 1 unspecified atom stereocenters. The predicted octanol–water partition coefficient (Wildman–Crippen LogP) is 4.37. The zero-order valence-corrected chi connectivity index (χ0v) is 12.3. The van der Waals surface area contributed by atoms with Crippen LogP contribution in [0.4, 0.5) is 0 Å². The molecule has 0 bridgehead atoms. The van der Waals surface area contributed by atoms with Crippen LogP contribution in [0.25, 0.3) is 11.0 Å². The highest BCUT2D eigenvalue weighted by molar-refractivity contribution is 6.34. The SMILES string of the molecule is COc1cccc(CC(O)c2cc3cccc(Cl)c3o2)c1. The molecule has 0 aliphatic heterocycles. The Hall–Kier alpha value is -1.97. The first-order valence-electron chi connectivity index (χ1n) is 6.66. The molecule has 3 rings (SSSR count). The lowest BCUT2D eigenvalue weighted by Gasteiger charge is -2.09. The summed E-state index contributed by atoms with van der Waals surface area (Å²) in [6.07, 6.45) is -0.269. The van der Waals surface area contributed by atoms with Gasteiger partial charge in [0.15, 0.2) is 5.58 Å². The van der Waals surface area contributed by atoms with E-state index >= 15 is 0 Å². The Morgan fingerprint density at radius 3 is 2.76 bits per heavy atom. The van der Waals surface area contributed by atoms with Crippen molar-refractivity contribution in [3.63, 3.8) is 0 Å². The molecule has 108 valence electrons. The second kappa shape index (κ2) is 5.80. The van der Waals surface area contributed by atoms with E-state index in [-0.39, 0.29) is 0 Å². The number of hydrogen-bond acceptors (Lipinski definition) is 3. The smallest absolute Gasteiger partial charge is 0.152 e. The van der Waals surface area contributed by atoms with Gasteiger partial charge >= 0.3 is 0 Å². The number of hydrogen-bond donors (Lipinski definition) is 1. The van der Waals surface area contributed by atoms with Gasteiger partial charge in [-0.15, -0.1) is 0 Å². The molecule has 3 nitrogen and oxygen atoms in total. The molecule has 1 N–H and O–H groups in total. The minimum atomic E-state index is -0.722. The summed E-state index contributed by atoms with van der Waals surface area (Å²) in [6, 6.07) is 15.0. The molecule has 0 radical (unpaired) electrons. The quantitative estimate of drug-likeness (QED) is 0.778. The molecular weight excluding hydrogens is 288 g/mol. The standard InChI is InChI=1S/C17H15ClO3/c1-20-13-6-2-4-11(8-13)9-15(19)16-10-12-5-3-7-14(18)17(12)21-16/h2-8,10,15,19H,9H2,1H3. The maximum absolute atomic E-state index is 10.4. The Labute approximate surface area is 127 Å². The van der Waals surface area contributed by atoms with Crippen molar-refractivity contribution in [1.29, 1.82) is 0 Å². The first kappa shape index (κ1) is 14.0. The molecule has 1 atom stereocenters. The van der Waals surface area contributed by atoms with Crippen LogP contribution in [0.15, 0.2) is 52.9 Å². The minimum Gasteiger partial charge on any atom is -0.497 e. The van der Waals surface area contributed by atoms with Gasteiger partial charge in [0.2, 0.25) is 0 Å². The summed E-state index contributed by atoms with van der Waals surface area (Å²) in [5, 5.41) is 11.8. The Morgan fingerprint density at radius 2 is 2.00 bits per heavy atom. The van der Waals surface area contributed by atoms with Crippen molar-refractivity contribution < 1.29 is 14.3 Å². The molecule has 0 spiro atoms. The molecule has 0 amide bonds. The minimum absolute atomic E-state index is 0.453. The lowest BCUT2D eigenvalue weighted by Crippen LogP contribution is -2.00. The highest BCUT2D eigenvalue weighted by Gasteiger charge is 2.15. The van der Waals surface area contributed by atoms with E-state index in [0.29, 0.717) is 22.8 Å². The number of rotatable bonds is 4. The highest BCUT2D eigenvalue weighted by atomic mass is 35.5. The monoisotopic (exact) mass is 302 g/mol. The summed E-state index contributed by atoms with van der Waals surface area (Å²) in [7, 11) is 1.62. The summed E-state index contributed by atoms with van der Waals surface area (Å²) >= 11 is 6.08. The predicted molar refractivity (Wildman–Crippen MR) is 82.9 cm³/mol. The van der Waals surface area contributed by atoms with Gasteiger partial charge in [-0.2, -0.15) is 0 Å². The molecule has 3 aromatic rings. The normalized spacial score (nSPS) is 12.5. The third-order valence-electron chi connectivity index (χ3n) is 3.41. The van der Waals surface area contributed by atoms with Crippen molar-refractivity contribution >= 4 is 22.6 Å². The molecule has 0 saturated carbocycles. The number of fused-ring (bicyclic) bond motifs is 1. The average Bonchev–Trinajstić information content (AvgIpc) is 2.93. The summed E-state index contributed by atoms with van der Waals surface area (Å²) < 4.78 is 10.9. The van der Waals surface area contributed by atoms with Gasteiger partial charge in [-0.1, -0.05) is 35.9 Å². The molecule has 2 aromatic carbocycles. The number of halogens is 1. The van der Waals surface area contributed by atoms with Crippen LogP contribution in [0, 0.1) is 0 Å². The Kier molecular flexibility index (Phi) is 3.86. The summed E-state index contributed by atoms with van der Waals surface area (Å²) in [6.45, 7) is 0. The van der Waals surface area contributed by atoms with Crippen LogP contribution in [-0.4, -0.2) is 12.2 Å². The van der Waals surface area contributed by atoms with E-state index in [1.54, 1.807) is 13.2 Å². The first-order valence-corrected chi connectivity index (χ1v) is 7.04. The number of furan rings is 1. The van der Waals surface area contributed by atoms with Crippen molar-refractivity contribution in [2.24, 2.45) is 0 Å². The van der Waals surface area contributed by atoms with E-state index in [1.807, 2.05) is 42.5 Å². The van der Waals surface area contributed by atoms with Crippen molar-refractivity contribution in [3.05, 3.63) is 64.9 Å². The number of benzene rings is 2. The number of aliphatic hydroxyl groups excluding tert-OH is 1. The zero-order chi connectivity index (χ0) is 14.8. The summed E-state index contributed by atoms with van der Waals surface area (Å²) in [5.41, 5.74) is 1.59. The van der Waals surface area contributed by atoms with Crippen LogP contribution in [0.5, 0.6) is 5.75 Å². The molecular formula is C17H15ClO3. The van der Waals surface area contributed by atoms with Crippen LogP contribution >= 0.6 is 11.6 Å². The largest absolute Gasteiger partial charge is 0.497 e. The Balaban J connectivity index is 1.86. The molecule has 1 aromatic heterocycles. The van der Waals surface area contributed by atoms with Gasteiger partial charge in [-0.3, -0.25) is 0 Å². The van der Waals surface area contributed by atoms with Gasteiger partial charge in [0.1, 0.15) is 17.6 Å². The molecule has 0 saturated heterocycles. The zero-order valence-electron chi connectivity index (χ0n) is 11.5. The van der Waals surface area contributed by atoms with Crippen LogP contribution in [-0.2, 0) is 6.42 Å². The van der Waals surface area contributed by atoms with Gasteiger partial charge < -0.3 is 14.3 Å². The first-order chi connectivity index (χ1) is 10.2. The molecule has 0 aliphatic carbocycles. The number of aliphatic hydroxyl groups is 1. The molecule has 0 aliphatic rings. The van der Waals surface area contributed by atoms with Crippen molar-refractivity contribution in [1.82, 2.24) is 0 Å². The molecule has 4 heteroatoms. The fourth-order valence-corrected chi connectivity index (χ4v) is 2.56. The third-order valence-corrected chi connectivity index (χ3v) is 3.70. The third kappa shape index (κ3) is 2.89. The van der Waals surface area contributed by atoms with E-state index in [4.69, 9.17) is 20.8 Å². The van der Waals surface area contributed by atoms with Crippen molar-refractivity contribution in [2.75, 3.05) is 7.11 Å². The summed E-state index contributed by atoms with van der Waals surface area (Å²) in [4.78, 5) is 0. The Morgan fingerprint density at radius 1 is 1.19 bits per heavy atom. The Bertz CT molecular complexity index is 764. The van der Waals surface area contributed by atoms with E-state index in [2.05, 4.69) is 0 Å².